The first-order valence-electron chi connectivity index (χ1n) is 10.0. The molecule has 0 N–H and O–H groups in total. The molecule has 1 aliphatic heterocycles. The van der Waals surface area contributed by atoms with Crippen LogP contribution in [0, 0.1) is 6.92 Å². The lowest BCUT2D eigenvalue weighted by atomic mass is 10.2. The highest BCUT2D eigenvalue weighted by atomic mass is 32.2. The van der Waals surface area contributed by atoms with Crippen LogP contribution in [0.3, 0.4) is 0 Å². The van der Waals surface area contributed by atoms with Crippen molar-refractivity contribution in [2.24, 2.45) is 0 Å². The van der Waals surface area contributed by atoms with Crippen LogP contribution in [0.5, 0.6) is 0 Å². The van der Waals surface area contributed by atoms with E-state index >= 15 is 0 Å². The van der Waals surface area contributed by atoms with Gasteiger partial charge in [-0.05, 0) is 43.0 Å². The topological polar surface area (TPSA) is 29.1 Å². The van der Waals surface area contributed by atoms with E-state index < -0.39 is 0 Å². The first kappa shape index (κ1) is 20.8. The van der Waals surface area contributed by atoms with Crippen LogP contribution in [0.25, 0.3) is 11.1 Å². The molecular weight excluding hydrogens is 463 g/mol. The molecule has 4 nitrogen and oxygen atoms in total. The number of thiazole rings is 2. The van der Waals surface area contributed by atoms with E-state index in [4.69, 9.17) is 0 Å². The average molecular weight is 485 g/mol. The van der Waals surface area contributed by atoms with Gasteiger partial charge in [-0.25, -0.2) is 0 Å². The van der Waals surface area contributed by atoms with Gasteiger partial charge in [0.1, 0.15) is 14.2 Å². The fourth-order valence-electron chi connectivity index (χ4n) is 3.68. The van der Waals surface area contributed by atoms with Crippen LogP contribution in [0.1, 0.15) is 23.1 Å². The summed E-state index contributed by atoms with van der Waals surface area (Å²) in [5.41, 5.74) is 3.80. The molecule has 3 aromatic heterocycles. The molecule has 8 heteroatoms. The van der Waals surface area contributed by atoms with Crippen molar-refractivity contribution in [1.29, 1.82) is 0 Å². The molecule has 158 valence electrons. The van der Waals surface area contributed by atoms with Crippen molar-refractivity contribution < 1.29 is 4.57 Å². The van der Waals surface area contributed by atoms with Gasteiger partial charge in [0.05, 0.1) is 17.1 Å². The Morgan fingerprint density at radius 2 is 2.06 bits per heavy atom. The Kier molecular flexibility index (Phi) is 5.64. The van der Waals surface area contributed by atoms with Crippen LogP contribution in [0.15, 0.2) is 56.3 Å². The first-order chi connectivity index (χ1) is 15.0. The minimum absolute atomic E-state index is 0.0959. The zero-order valence-corrected chi connectivity index (χ0v) is 20.8. The third-order valence-electron chi connectivity index (χ3n) is 5.30. The smallest absolute Gasteiger partial charge is 0.271 e. The lowest BCUT2D eigenvalue weighted by molar-refractivity contribution is -0.685. The van der Waals surface area contributed by atoms with E-state index in [0.717, 1.165) is 25.8 Å². The van der Waals surface area contributed by atoms with Gasteiger partial charge in [0.15, 0.2) is 12.7 Å². The summed E-state index contributed by atoms with van der Waals surface area (Å²) in [4.78, 5) is 16.7. The fraction of sp³-hybridized carbons (Fsp3) is 0.217. The predicted molar refractivity (Wildman–Crippen MR) is 134 cm³/mol. The van der Waals surface area contributed by atoms with E-state index in [1.165, 1.54) is 21.7 Å². The van der Waals surface area contributed by atoms with Crippen molar-refractivity contribution in [3.63, 3.8) is 0 Å². The number of fused-ring (bicyclic) bond motifs is 1. The van der Waals surface area contributed by atoms with Crippen LogP contribution in [0.4, 0.5) is 5.69 Å². The minimum atomic E-state index is 0.0959. The van der Waals surface area contributed by atoms with E-state index in [0.29, 0.717) is 6.54 Å². The summed E-state index contributed by atoms with van der Waals surface area (Å²) in [6.07, 6.45) is 4.28. The monoisotopic (exact) mass is 484 g/mol. The highest BCUT2D eigenvalue weighted by Crippen LogP contribution is 2.45. The zero-order valence-electron chi connectivity index (χ0n) is 17.5. The molecule has 0 saturated heterocycles. The number of hydrogen-bond donors (Lipinski definition) is 0. The summed E-state index contributed by atoms with van der Waals surface area (Å²) < 4.78 is 5.95. The molecule has 5 rings (SSSR count). The zero-order chi connectivity index (χ0) is 21.5. The Morgan fingerprint density at radius 1 is 1.19 bits per heavy atom. The maximum Gasteiger partial charge on any atom is 0.271 e. The largest absolute Gasteiger partial charge is 0.337 e. The minimum Gasteiger partial charge on any atom is -0.337 e. The van der Waals surface area contributed by atoms with Crippen LogP contribution >= 0.6 is 45.8 Å². The van der Waals surface area contributed by atoms with Crippen molar-refractivity contribution >= 4 is 62.6 Å². The summed E-state index contributed by atoms with van der Waals surface area (Å²) in [5, 5.41) is 8.57. The van der Waals surface area contributed by atoms with Gasteiger partial charge in [-0.1, -0.05) is 29.2 Å². The molecule has 0 spiro atoms. The summed E-state index contributed by atoms with van der Waals surface area (Å²) in [6.45, 7) is 5.65. The molecule has 0 amide bonds. The average Bonchev–Trinajstić information content (AvgIpc) is 3.52. The molecule has 0 fully saturated rings. The molecule has 31 heavy (non-hydrogen) atoms. The molecule has 1 aromatic carbocycles. The van der Waals surface area contributed by atoms with Crippen LogP contribution in [0.2, 0.25) is 0 Å². The van der Waals surface area contributed by atoms with Crippen molar-refractivity contribution in [2.45, 2.75) is 31.8 Å². The molecule has 0 aliphatic carbocycles. The summed E-state index contributed by atoms with van der Waals surface area (Å²) in [6, 6.07) is 8.62. The van der Waals surface area contributed by atoms with E-state index in [2.05, 4.69) is 76.1 Å². The molecule has 0 atom stereocenters. The van der Waals surface area contributed by atoms with Crippen molar-refractivity contribution in [2.75, 3.05) is 11.9 Å². The fourth-order valence-corrected chi connectivity index (χ4v) is 7.75. The number of aryl methyl sites for hydroxylation is 1. The third kappa shape index (κ3) is 3.82. The van der Waals surface area contributed by atoms with Gasteiger partial charge in [0, 0.05) is 29.4 Å². The maximum absolute atomic E-state index is 13.3. The Morgan fingerprint density at radius 3 is 2.84 bits per heavy atom. The summed E-state index contributed by atoms with van der Waals surface area (Å²) >= 11 is 6.71. The number of nitrogens with zero attached hydrogens (tertiary/aromatic N) is 3. The SMILES string of the molecule is CCn1c(=O)/c(=C2\Sc3cc(C)ccc3N2C)s/c1=C\c1scc[n+]1Cc1ccsc1. The molecular formula is C23H22N3OS4+. The number of thioether (sulfide) groups is 1. The standard InChI is InChI=1S/C23H22N3OS4/c1-4-26-20(12-19-25(8-10-29-19)13-16-7-9-28-14-16)31-21(22(26)27)23-24(3)17-6-5-15(2)11-18(17)30-23/h5-12,14H,4,13H2,1-3H3/q+1/b23-21+. The second-order valence-electron chi connectivity index (χ2n) is 7.40. The number of aromatic nitrogens is 2. The van der Waals surface area contributed by atoms with Gasteiger partial charge in [0.25, 0.3) is 10.6 Å². The van der Waals surface area contributed by atoms with Gasteiger partial charge in [-0.3, -0.25) is 9.36 Å². The van der Waals surface area contributed by atoms with E-state index in [1.807, 2.05) is 11.5 Å². The second kappa shape index (κ2) is 8.43. The Labute approximate surface area is 197 Å². The molecule has 0 unspecified atom stereocenters. The molecule has 4 aromatic rings. The maximum atomic E-state index is 13.3. The number of rotatable bonds is 4. The quantitative estimate of drug-likeness (QED) is 0.412. The summed E-state index contributed by atoms with van der Waals surface area (Å²) in [7, 11) is 2.05. The highest BCUT2D eigenvalue weighted by molar-refractivity contribution is 8.08. The van der Waals surface area contributed by atoms with Gasteiger partial charge >= 0.3 is 0 Å². The van der Waals surface area contributed by atoms with Crippen LogP contribution in [-0.4, -0.2) is 11.6 Å². The normalized spacial score (nSPS) is 15.7. The van der Waals surface area contributed by atoms with E-state index in [1.54, 1.807) is 45.8 Å². The highest BCUT2D eigenvalue weighted by Gasteiger charge is 2.25. The van der Waals surface area contributed by atoms with E-state index in [-0.39, 0.29) is 5.56 Å². The predicted octanol–water partition coefficient (Wildman–Crippen LogP) is 3.83. The lowest BCUT2D eigenvalue weighted by Crippen LogP contribution is -2.36. The van der Waals surface area contributed by atoms with Gasteiger partial charge < -0.3 is 4.90 Å². The Hall–Kier alpha value is -2.13. The molecule has 1 aliphatic rings. The lowest BCUT2D eigenvalue weighted by Gasteiger charge is -2.12. The molecule has 0 radical (unpaired) electrons. The Balaban J connectivity index is 1.63. The van der Waals surface area contributed by atoms with Crippen molar-refractivity contribution in [3.05, 3.63) is 82.3 Å². The molecule has 0 bridgehead atoms. The van der Waals surface area contributed by atoms with Gasteiger partial charge in [-0.2, -0.15) is 15.9 Å². The van der Waals surface area contributed by atoms with Crippen molar-refractivity contribution in [1.82, 2.24) is 4.57 Å². The molecule has 4 heterocycles. The first-order valence-corrected chi connectivity index (χ1v) is 13.5. The molecule has 0 saturated carbocycles. The number of benzene rings is 1. The number of hydrogen-bond acceptors (Lipinski definition) is 6. The van der Waals surface area contributed by atoms with Crippen LogP contribution in [-0.2, 0) is 13.1 Å². The number of thiophene rings is 1. The van der Waals surface area contributed by atoms with Crippen molar-refractivity contribution in [3.8, 4) is 0 Å². The second-order valence-corrected chi connectivity index (χ2v) is 11.2. The van der Waals surface area contributed by atoms with Crippen LogP contribution < -0.4 is 24.2 Å². The van der Waals surface area contributed by atoms with Gasteiger partial charge in [-0.15, -0.1) is 11.3 Å². The Bertz CT molecular complexity index is 1430. The summed E-state index contributed by atoms with van der Waals surface area (Å²) in [5.74, 6) is 0. The number of anilines is 1. The van der Waals surface area contributed by atoms with E-state index in [9.17, 15) is 4.79 Å². The van der Waals surface area contributed by atoms with Gasteiger partial charge in [0.2, 0.25) is 0 Å². The third-order valence-corrected chi connectivity index (χ3v) is 9.35.